The number of nitrogens with one attached hydrogen (secondary N) is 1. The van der Waals surface area contributed by atoms with Crippen LogP contribution in [0.5, 0.6) is 0 Å². The minimum atomic E-state index is -3.66. The van der Waals surface area contributed by atoms with Gasteiger partial charge in [0.05, 0.1) is 22.9 Å². The molecule has 2 rings (SSSR count). The number of benzene rings is 2. The highest BCUT2D eigenvalue weighted by molar-refractivity contribution is 7.54. The second-order valence-electron chi connectivity index (χ2n) is 6.43. The van der Waals surface area contributed by atoms with Gasteiger partial charge in [-0.05, 0) is 57.5 Å². The van der Waals surface area contributed by atoms with E-state index >= 15 is 0 Å². The first kappa shape index (κ1) is 20.9. The molecule has 1 N–H and O–H groups in total. The number of hydrogen-bond acceptors (Lipinski definition) is 4. The van der Waals surface area contributed by atoms with Gasteiger partial charge in [0.25, 0.3) is 0 Å². The van der Waals surface area contributed by atoms with E-state index in [-0.39, 0.29) is 18.0 Å². The summed E-state index contributed by atoms with van der Waals surface area (Å²) in [6.45, 7) is 7.14. The first-order valence-electron chi connectivity index (χ1n) is 8.44. The third-order valence-electron chi connectivity index (χ3n) is 3.38. The fourth-order valence-electron chi connectivity index (χ4n) is 2.45. The van der Waals surface area contributed by atoms with Gasteiger partial charge in [0, 0.05) is 0 Å². The number of para-hydroxylation sites is 1. The molecule has 26 heavy (non-hydrogen) atoms. The molecule has 0 aliphatic heterocycles. The highest BCUT2D eigenvalue weighted by Crippen LogP contribution is 2.62. The zero-order valence-electron chi connectivity index (χ0n) is 15.3. The van der Waals surface area contributed by atoms with Gasteiger partial charge >= 0.3 is 7.60 Å². The van der Waals surface area contributed by atoms with Crippen molar-refractivity contribution in [3.8, 4) is 0 Å². The van der Waals surface area contributed by atoms with Crippen LogP contribution in [-0.2, 0) is 13.6 Å². The molecule has 0 spiro atoms. The molecule has 0 aliphatic carbocycles. The first-order valence-corrected chi connectivity index (χ1v) is 10.4. The van der Waals surface area contributed by atoms with E-state index in [4.69, 9.17) is 20.6 Å². The summed E-state index contributed by atoms with van der Waals surface area (Å²) in [5.41, 5.74) is 1.17. The third-order valence-corrected chi connectivity index (χ3v) is 6.20. The van der Waals surface area contributed by atoms with Crippen LogP contribution in [0.25, 0.3) is 0 Å². The number of halogens is 2. The van der Waals surface area contributed by atoms with Crippen molar-refractivity contribution in [1.82, 2.24) is 0 Å². The molecule has 1 atom stereocenters. The Bertz CT molecular complexity index is 754. The van der Waals surface area contributed by atoms with Gasteiger partial charge < -0.3 is 14.4 Å². The van der Waals surface area contributed by atoms with Crippen molar-refractivity contribution in [3.05, 3.63) is 64.9 Å². The van der Waals surface area contributed by atoms with E-state index in [0.29, 0.717) is 16.3 Å². The third kappa shape index (κ3) is 5.55. The van der Waals surface area contributed by atoms with Gasteiger partial charge in [-0.3, -0.25) is 4.57 Å². The molecule has 0 heterocycles. The molecule has 0 radical (unpaired) electrons. The molecule has 0 bridgehead atoms. The van der Waals surface area contributed by atoms with Gasteiger partial charge in [0.15, 0.2) is 5.78 Å². The fourth-order valence-corrected chi connectivity index (χ4v) is 4.94. The van der Waals surface area contributed by atoms with E-state index in [1.54, 1.807) is 58.0 Å². The Morgan fingerprint density at radius 1 is 0.962 bits per heavy atom. The molecule has 0 aromatic heterocycles. The summed E-state index contributed by atoms with van der Waals surface area (Å²) < 4.78 is 38.6. The Kier molecular flexibility index (Phi) is 7.24. The summed E-state index contributed by atoms with van der Waals surface area (Å²) in [6.07, 6.45) is -0.647. The van der Waals surface area contributed by atoms with Crippen LogP contribution in [0.2, 0.25) is 5.02 Å². The van der Waals surface area contributed by atoms with Crippen molar-refractivity contribution in [2.45, 2.75) is 45.7 Å². The standard InChI is InChI=1S/C19H24ClFNO3P/c1-13(2)24-26(23,25-14(3)4)19(15-9-11-16(21)12-10-15)22-18-8-6-5-7-17(18)20/h5-14,19,22H,1-4H3. The molecule has 4 nitrogen and oxygen atoms in total. The fraction of sp³-hybridized carbons (Fsp3) is 0.368. The average Bonchev–Trinajstić information content (AvgIpc) is 2.53. The van der Waals surface area contributed by atoms with E-state index in [2.05, 4.69) is 5.32 Å². The number of rotatable bonds is 8. The maximum atomic E-state index is 13.7. The Labute approximate surface area is 159 Å². The molecule has 0 aliphatic rings. The van der Waals surface area contributed by atoms with Gasteiger partial charge in [-0.1, -0.05) is 35.9 Å². The van der Waals surface area contributed by atoms with E-state index in [1.807, 2.05) is 6.07 Å². The first-order chi connectivity index (χ1) is 12.2. The molecule has 2 aromatic carbocycles. The number of hydrogen-bond donors (Lipinski definition) is 1. The van der Waals surface area contributed by atoms with Crippen LogP contribution in [-0.4, -0.2) is 12.2 Å². The molecule has 7 heteroatoms. The molecule has 0 amide bonds. The van der Waals surface area contributed by atoms with Crippen molar-refractivity contribution in [2.24, 2.45) is 0 Å². The van der Waals surface area contributed by atoms with Crippen LogP contribution in [0, 0.1) is 5.82 Å². The highest BCUT2D eigenvalue weighted by atomic mass is 35.5. The topological polar surface area (TPSA) is 47.6 Å². The van der Waals surface area contributed by atoms with Gasteiger partial charge in [0.1, 0.15) is 5.82 Å². The average molecular weight is 400 g/mol. The van der Waals surface area contributed by atoms with Gasteiger partial charge in [-0.25, -0.2) is 4.39 Å². The van der Waals surface area contributed by atoms with Crippen molar-refractivity contribution >= 4 is 24.9 Å². The minimum absolute atomic E-state index is 0.324. The Morgan fingerprint density at radius 2 is 1.50 bits per heavy atom. The summed E-state index contributed by atoms with van der Waals surface area (Å²) >= 11 is 6.25. The summed E-state index contributed by atoms with van der Waals surface area (Å²) in [7, 11) is -3.66. The lowest BCUT2D eigenvalue weighted by Crippen LogP contribution is -2.19. The monoisotopic (exact) mass is 399 g/mol. The largest absolute Gasteiger partial charge is 0.367 e. The smallest absolute Gasteiger partial charge is 0.357 e. The molecular formula is C19H24ClFNO3P. The van der Waals surface area contributed by atoms with Crippen LogP contribution in [0.1, 0.15) is 39.0 Å². The molecule has 1 unspecified atom stereocenters. The molecular weight excluding hydrogens is 376 g/mol. The normalized spacial score (nSPS) is 13.2. The quantitative estimate of drug-likeness (QED) is 0.506. The zero-order valence-corrected chi connectivity index (χ0v) is 16.9. The van der Waals surface area contributed by atoms with Crippen LogP contribution in [0.15, 0.2) is 48.5 Å². The van der Waals surface area contributed by atoms with Crippen molar-refractivity contribution in [3.63, 3.8) is 0 Å². The predicted molar refractivity (Wildman–Crippen MR) is 104 cm³/mol. The van der Waals surface area contributed by atoms with Gasteiger partial charge in [0.2, 0.25) is 0 Å². The summed E-state index contributed by atoms with van der Waals surface area (Å²) in [5.74, 6) is -1.22. The second kappa shape index (κ2) is 9.01. The summed E-state index contributed by atoms with van der Waals surface area (Å²) in [4.78, 5) is 0. The van der Waals surface area contributed by atoms with Crippen LogP contribution in [0.4, 0.5) is 10.1 Å². The maximum Gasteiger partial charge on any atom is 0.357 e. The Hall–Kier alpha value is -1.39. The predicted octanol–water partition coefficient (Wildman–Crippen LogP) is 6.63. The van der Waals surface area contributed by atoms with Gasteiger partial charge in [-0.2, -0.15) is 0 Å². The van der Waals surface area contributed by atoms with Crippen LogP contribution in [0.3, 0.4) is 0 Å². The summed E-state index contributed by atoms with van der Waals surface area (Å²) in [5, 5.41) is 3.64. The molecule has 0 saturated carbocycles. The van der Waals surface area contributed by atoms with E-state index < -0.39 is 13.4 Å². The van der Waals surface area contributed by atoms with E-state index in [0.717, 1.165) is 0 Å². The lowest BCUT2D eigenvalue weighted by atomic mass is 10.2. The lowest BCUT2D eigenvalue weighted by molar-refractivity contribution is 0.138. The van der Waals surface area contributed by atoms with Crippen molar-refractivity contribution in [2.75, 3.05) is 5.32 Å². The van der Waals surface area contributed by atoms with Crippen LogP contribution >= 0.6 is 19.2 Å². The Balaban J connectivity index is 2.51. The number of anilines is 1. The molecule has 0 fully saturated rings. The van der Waals surface area contributed by atoms with Crippen molar-refractivity contribution < 1.29 is 18.0 Å². The van der Waals surface area contributed by atoms with Crippen molar-refractivity contribution in [1.29, 1.82) is 0 Å². The van der Waals surface area contributed by atoms with Crippen LogP contribution < -0.4 is 5.32 Å². The maximum absolute atomic E-state index is 13.7. The second-order valence-corrected chi connectivity index (χ2v) is 8.85. The SMILES string of the molecule is CC(C)OP(=O)(OC(C)C)C(Nc1ccccc1Cl)c1ccc(F)cc1. The summed E-state index contributed by atoms with van der Waals surface area (Å²) in [6, 6.07) is 12.9. The molecule has 0 saturated heterocycles. The Morgan fingerprint density at radius 3 is 2.00 bits per heavy atom. The van der Waals surface area contributed by atoms with Gasteiger partial charge in [-0.15, -0.1) is 0 Å². The zero-order chi connectivity index (χ0) is 19.3. The highest BCUT2D eigenvalue weighted by Gasteiger charge is 2.39. The molecule has 2 aromatic rings. The lowest BCUT2D eigenvalue weighted by Gasteiger charge is -2.31. The molecule has 142 valence electrons. The van der Waals surface area contributed by atoms with E-state index in [9.17, 15) is 8.96 Å². The van der Waals surface area contributed by atoms with E-state index in [1.165, 1.54) is 12.1 Å². The minimum Gasteiger partial charge on any atom is -0.367 e.